The fourth-order valence-corrected chi connectivity index (χ4v) is 12.3. The number of anilines is 3. The van der Waals surface area contributed by atoms with Crippen LogP contribution in [0.15, 0.2) is 150 Å². The van der Waals surface area contributed by atoms with E-state index in [1.807, 2.05) is 11.3 Å². The van der Waals surface area contributed by atoms with E-state index in [4.69, 9.17) is 4.42 Å². The number of fused-ring (bicyclic) bond motifs is 7. The van der Waals surface area contributed by atoms with Gasteiger partial charge < -0.3 is 9.32 Å². The monoisotopic (exact) mass is 701 g/mol. The van der Waals surface area contributed by atoms with Crippen molar-refractivity contribution in [3.8, 4) is 11.1 Å². The molecule has 4 saturated carbocycles. The van der Waals surface area contributed by atoms with Crippen LogP contribution in [0.1, 0.15) is 44.1 Å². The first-order valence-corrected chi connectivity index (χ1v) is 20.2. The Morgan fingerprint density at radius 3 is 1.92 bits per heavy atom. The summed E-state index contributed by atoms with van der Waals surface area (Å²) < 4.78 is 9.11. The highest BCUT2D eigenvalue weighted by Crippen LogP contribution is 2.61. The number of rotatable bonds is 5. The zero-order valence-corrected chi connectivity index (χ0v) is 30.4. The Morgan fingerprint density at radius 1 is 0.509 bits per heavy atom. The molecule has 0 unspecified atom stereocenters. The molecule has 4 bridgehead atoms. The van der Waals surface area contributed by atoms with Gasteiger partial charge in [-0.05, 0) is 144 Å². The first kappa shape index (κ1) is 30.1. The zero-order valence-electron chi connectivity index (χ0n) is 29.6. The lowest BCUT2D eigenvalue weighted by atomic mass is 9.48. The highest BCUT2D eigenvalue weighted by molar-refractivity contribution is 7.25. The first-order valence-electron chi connectivity index (χ1n) is 19.4. The minimum Gasteiger partial charge on any atom is -0.456 e. The van der Waals surface area contributed by atoms with E-state index in [0.29, 0.717) is 5.41 Å². The SMILES string of the molecule is c1ccc(N(c2ccc3oc4cc5ccccc5cc4c3c2)c2ccc3sc4ccccc4c3c2)c(-c2ccc(C34CC5CC(CC(C5)C3)C4)cc2)c1. The third kappa shape index (κ3) is 4.69. The average molecular weight is 702 g/mol. The van der Waals surface area contributed by atoms with Gasteiger partial charge in [0.2, 0.25) is 0 Å². The molecule has 4 aliphatic rings. The van der Waals surface area contributed by atoms with Gasteiger partial charge in [-0.15, -0.1) is 11.3 Å². The van der Waals surface area contributed by atoms with Crippen LogP contribution in [-0.4, -0.2) is 0 Å². The summed E-state index contributed by atoms with van der Waals surface area (Å²) in [4.78, 5) is 2.47. The van der Waals surface area contributed by atoms with Gasteiger partial charge in [-0.3, -0.25) is 0 Å². The Bertz CT molecular complexity index is 2860. The van der Waals surface area contributed by atoms with Gasteiger partial charge >= 0.3 is 0 Å². The Morgan fingerprint density at radius 2 is 1.13 bits per heavy atom. The van der Waals surface area contributed by atoms with Crippen molar-refractivity contribution in [2.45, 2.75) is 43.9 Å². The molecule has 0 N–H and O–H groups in total. The molecule has 0 spiro atoms. The summed E-state index contributed by atoms with van der Waals surface area (Å²) >= 11 is 1.87. The van der Waals surface area contributed by atoms with Crippen LogP contribution in [-0.2, 0) is 5.41 Å². The second kappa shape index (κ2) is 11.3. The molecule has 53 heavy (non-hydrogen) atoms. The smallest absolute Gasteiger partial charge is 0.136 e. The van der Waals surface area contributed by atoms with E-state index in [1.54, 1.807) is 5.56 Å². The maximum Gasteiger partial charge on any atom is 0.136 e. The number of para-hydroxylation sites is 1. The van der Waals surface area contributed by atoms with Crippen LogP contribution in [0.5, 0.6) is 0 Å². The van der Waals surface area contributed by atoms with Gasteiger partial charge in [0, 0.05) is 47.9 Å². The van der Waals surface area contributed by atoms with Gasteiger partial charge in [0.05, 0.1) is 5.69 Å². The first-order chi connectivity index (χ1) is 26.1. The van der Waals surface area contributed by atoms with Crippen LogP contribution in [0.4, 0.5) is 17.1 Å². The van der Waals surface area contributed by atoms with Gasteiger partial charge in [0.15, 0.2) is 0 Å². The van der Waals surface area contributed by atoms with Crippen LogP contribution in [0.25, 0.3) is 64.0 Å². The lowest BCUT2D eigenvalue weighted by Crippen LogP contribution is -2.48. The molecule has 4 aliphatic carbocycles. The zero-order chi connectivity index (χ0) is 34.7. The van der Waals surface area contributed by atoms with Crippen LogP contribution in [0.2, 0.25) is 0 Å². The minimum absolute atomic E-state index is 0.395. The molecule has 9 aromatic rings. The highest BCUT2D eigenvalue weighted by Gasteiger charge is 2.51. The third-order valence-corrected chi connectivity index (χ3v) is 14.3. The van der Waals surface area contributed by atoms with Crippen molar-refractivity contribution in [3.05, 3.63) is 151 Å². The molecular formula is C50H39NOS. The van der Waals surface area contributed by atoms with Gasteiger partial charge in [0.1, 0.15) is 11.2 Å². The number of nitrogens with zero attached hydrogens (tertiary/aromatic N) is 1. The van der Waals surface area contributed by atoms with Crippen molar-refractivity contribution in [3.63, 3.8) is 0 Å². The third-order valence-electron chi connectivity index (χ3n) is 13.2. The summed E-state index contributed by atoms with van der Waals surface area (Å²) in [6.07, 6.45) is 8.61. The van der Waals surface area contributed by atoms with Crippen LogP contribution < -0.4 is 4.90 Å². The molecular weight excluding hydrogens is 663 g/mol. The van der Waals surface area contributed by atoms with Crippen LogP contribution in [0, 0.1) is 17.8 Å². The highest BCUT2D eigenvalue weighted by atomic mass is 32.1. The van der Waals surface area contributed by atoms with Crippen molar-refractivity contribution in [1.82, 2.24) is 0 Å². The number of furan rings is 1. The van der Waals surface area contributed by atoms with Gasteiger partial charge in [-0.1, -0.05) is 84.9 Å². The van der Waals surface area contributed by atoms with Crippen molar-refractivity contribution >= 4 is 81.3 Å². The van der Waals surface area contributed by atoms with Crippen molar-refractivity contribution in [2.24, 2.45) is 17.8 Å². The van der Waals surface area contributed by atoms with E-state index < -0.39 is 0 Å². The maximum atomic E-state index is 6.48. The maximum absolute atomic E-state index is 6.48. The summed E-state index contributed by atoms with van der Waals surface area (Å²) in [7, 11) is 0. The largest absolute Gasteiger partial charge is 0.456 e. The van der Waals surface area contributed by atoms with E-state index in [-0.39, 0.29) is 0 Å². The van der Waals surface area contributed by atoms with E-state index in [9.17, 15) is 0 Å². The number of thiophene rings is 1. The molecule has 0 saturated heterocycles. The topological polar surface area (TPSA) is 16.4 Å². The van der Waals surface area contributed by atoms with Gasteiger partial charge in [-0.2, -0.15) is 0 Å². The quantitative estimate of drug-likeness (QED) is 0.178. The molecule has 0 aliphatic heterocycles. The van der Waals surface area contributed by atoms with E-state index in [0.717, 1.165) is 51.1 Å². The summed E-state index contributed by atoms with van der Waals surface area (Å²) in [5.74, 6) is 2.82. The molecule has 0 radical (unpaired) electrons. The number of hydrogen-bond donors (Lipinski definition) is 0. The summed E-state index contributed by atoms with van der Waals surface area (Å²) in [5.41, 5.74) is 9.75. The van der Waals surface area contributed by atoms with E-state index in [2.05, 4.69) is 150 Å². The minimum atomic E-state index is 0.395. The second-order valence-corrected chi connectivity index (χ2v) is 17.5. The van der Waals surface area contributed by atoms with Gasteiger partial charge in [0.25, 0.3) is 0 Å². The normalized spacial score (nSPS) is 22.2. The molecule has 0 atom stereocenters. The molecule has 13 rings (SSSR count). The molecule has 2 aromatic heterocycles. The van der Waals surface area contributed by atoms with Crippen molar-refractivity contribution in [2.75, 3.05) is 4.90 Å². The second-order valence-electron chi connectivity index (χ2n) is 16.4. The van der Waals surface area contributed by atoms with Crippen molar-refractivity contribution in [1.29, 1.82) is 0 Å². The lowest BCUT2D eigenvalue weighted by Gasteiger charge is -2.57. The number of hydrogen-bond acceptors (Lipinski definition) is 3. The van der Waals surface area contributed by atoms with E-state index >= 15 is 0 Å². The standard InChI is InChI=1S/C50H39NOS/c1-2-8-36-25-47-42(24-35(36)7-1)43-26-38(17-19-46(43)52-47)51(39-18-20-49-44(27-39)41-10-4-6-12-48(41)53-49)45-11-5-3-9-40(45)34-13-15-37(16-14-34)50-28-31-21-32(29-50)23-33(22-31)30-50/h1-20,24-27,31-33H,21-23,28-30H2. The molecule has 3 heteroatoms. The molecule has 4 fully saturated rings. The molecule has 7 aromatic carbocycles. The molecule has 2 heterocycles. The molecule has 2 nitrogen and oxygen atoms in total. The Labute approximate surface area is 313 Å². The Hall–Kier alpha value is -5.38. The van der Waals surface area contributed by atoms with Crippen molar-refractivity contribution < 1.29 is 4.42 Å². The van der Waals surface area contributed by atoms with Crippen LogP contribution >= 0.6 is 11.3 Å². The Kier molecular flexibility index (Phi) is 6.43. The predicted octanol–water partition coefficient (Wildman–Crippen LogP) is 14.7. The summed E-state index contributed by atoms with van der Waals surface area (Å²) in [6.45, 7) is 0. The fraction of sp³-hybridized carbons (Fsp3) is 0.200. The summed E-state index contributed by atoms with van der Waals surface area (Å²) in [5, 5.41) is 7.31. The van der Waals surface area contributed by atoms with Gasteiger partial charge in [-0.25, -0.2) is 0 Å². The van der Waals surface area contributed by atoms with Crippen LogP contribution in [0.3, 0.4) is 0 Å². The lowest BCUT2D eigenvalue weighted by molar-refractivity contribution is -0.00518. The molecule has 256 valence electrons. The fourth-order valence-electron chi connectivity index (χ4n) is 11.2. The van der Waals surface area contributed by atoms with E-state index in [1.165, 1.54) is 86.3 Å². The number of benzene rings is 7. The Balaban J connectivity index is 1.03. The summed E-state index contributed by atoms with van der Waals surface area (Å²) in [6, 6.07) is 54.3. The predicted molar refractivity (Wildman–Crippen MR) is 224 cm³/mol. The molecule has 0 amide bonds. The average Bonchev–Trinajstić information content (AvgIpc) is 3.74.